The number of carbonyl (C=O) groups excluding carboxylic acids is 1. The molecule has 0 saturated carbocycles. The zero-order chi connectivity index (χ0) is 22.1. The number of fused-ring (bicyclic) bond motifs is 1. The molecule has 0 spiro atoms. The van der Waals surface area contributed by atoms with E-state index in [1.165, 1.54) is 13.2 Å². The van der Waals surface area contributed by atoms with E-state index in [1.807, 2.05) is 0 Å². The van der Waals surface area contributed by atoms with Gasteiger partial charge in [-0.1, -0.05) is 0 Å². The van der Waals surface area contributed by atoms with Crippen molar-refractivity contribution in [1.29, 1.82) is 0 Å². The van der Waals surface area contributed by atoms with Crippen molar-refractivity contribution in [2.24, 2.45) is 5.92 Å². The standard InChI is InChI=1S/C19H25FN3O6S/c1-11(22-30(3,26)27)15-8-12(6-7-21-15)10-29-19(24)17-14-9-13(20)4-5-16(14)23(25)18(17)28-2/h4-5,9,11-12,15,21-22H,6-8,10H2,1-3H3/q-1. The summed E-state index contributed by atoms with van der Waals surface area (Å²) in [6.45, 7) is 2.51. The number of nitrogens with zero attached hydrogens (tertiary/aromatic N) is 1. The number of halogens is 1. The van der Waals surface area contributed by atoms with Gasteiger partial charge >= 0.3 is 5.97 Å². The third kappa shape index (κ3) is 4.85. The molecule has 11 heteroatoms. The van der Waals surface area contributed by atoms with E-state index in [-0.39, 0.29) is 47.0 Å². The molecule has 2 N–H and O–H groups in total. The van der Waals surface area contributed by atoms with Crippen molar-refractivity contribution in [3.05, 3.63) is 34.8 Å². The lowest BCUT2D eigenvalue weighted by Gasteiger charge is -2.33. The molecule has 0 radical (unpaired) electrons. The number of aromatic nitrogens is 1. The summed E-state index contributed by atoms with van der Waals surface area (Å²) in [7, 11) is -2.08. The highest BCUT2D eigenvalue weighted by Crippen LogP contribution is 2.33. The number of esters is 1. The molecule has 1 aliphatic rings. The molecule has 3 unspecified atom stereocenters. The zero-order valence-corrected chi connectivity index (χ0v) is 17.8. The van der Waals surface area contributed by atoms with Gasteiger partial charge in [0.05, 0.1) is 20.0 Å². The van der Waals surface area contributed by atoms with E-state index < -0.39 is 21.8 Å². The topological polar surface area (TPSA) is 122 Å². The van der Waals surface area contributed by atoms with Crippen LogP contribution in [0.5, 0.6) is 5.88 Å². The van der Waals surface area contributed by atoms with Gasteiger partial charge in [-0.15, -0.1) is 0 Å². The molecule has 3 atom stereocenters. The fraction of sp³-hybridized carbons (Fsp3) is 0.526. The van der Waals surface area contributed by atoms with E-state index in [1.54, 1.807) is 6.92 Å². The van der Waals surface area contributed by atoms with Crippen LogP contribution in [0, 0.1) is 16.9 Å². The average molecular weight is 442 g/mol. The van der Waals surface area contributed by atoms with E-state index in [0.717, 1.165) is 24.8 Å². The zero-order valence-electron chi connectivity index (χ0n) is 17.0. The average Bonchev–Trinajstić information content (AvgIpc) is 2.96. The predicted molar refractivity (Wildman–Crippen MR) is 109 cm³/mol. The molecule has 0 amide bonds. The minimum absolute atomic E-state index is 0.00680. The first-order valence-electron chi connectivity index (χ1n) is 9.54. The van der Waals surface area contributed by atoms with Crippen LogP contribution >= 0.6 is 0 Å². The molecule has 2 heterocycles. The van der Waals surface area contributed by atoms with Gasteiger partial charge in [0.1, 0.15) is 11.4 Å². The van der Waals surface area contributed by atoms with Crippen molar-refractivity contribution in [3.63, 3.8) is 0 Å². The minimum atomic E-state index is -3.33. The third-order valence-electron chi connectivity index (χ3n) is 5.24. The maximum atomic E-state index is 13.7. The number of rotatable bonds is 7. The van der Waals surface area contributed by atoms with E-state index in [4.69, 9.17) is 9.47 Å². The highest BCUT2D eigenvalue weighted by Gasteiger charge is 2.29. The Hall–Kier alpha value is -2.37. The lowest BCUT2D eigenvalue weighted by Crippen LogP contribution is -2.52. The lowest BCUT2D eigenvalue weighted by molar-refractivity contribution is 0.0395. The number of nitrogens with one attached hydrogen (secondary N) is 2. The van der Waals surface area contributed by atoms with Crippen molar-refractivity contribution in [2.75, 3.05) is 26.5 Å². The van der Waals surface area contributed by atoms with Crippen molar-refractivity contribution in [1.82, 2.24) is 14.8 Å². The fourth-order valence-electron chi connectivity index (χ4n) is 3.84. The first-order valence-corrected chi connectivity index (χ1v) is 11.4. The summed E-state index contributed by atoms with van der Waals surface area (Å²) in [6.07, 6.45) is 2.45. The molecule has 166 valence electrons. The molecule has 9 nitrogen and oxygen atoms in total. The Morgan fingerprint density at radius 3 is 2.87 bits per heavy atom. The Balaban J connectivity index is 1.71. The summed E-state index contributed by atoms with van der Waals surface area (Å²) in [5, 5.41) is 15.7. The number of hydrogen-bond donors (Lipinski definition) is 2. The number of carbonyl (C=O) groups is 1. The van der Waals surface area contributed by atoms with Crippen LogP contribution in [0.15, 0.2) is 18.2 Å². The van der Waals surface area contributed by atoms with Crippen LogP contribution in [0.1, 0.15) is 30.1 Å². The van der Waals surface area contributed by atoms with E-state index >= 15 is 0 Å². The van der Waals surface area contributed by atoms with Crippen LogP contribution in [0.25, 0.3) is 10.9 Å². The molecule has 1 aliphatic heterocycles. The predicted octanol–water partition coefficient (Wildman–Crippen LogP) is 1.60. The SMILES string of the molecule is COc1c(C(=O)OCC2CCNC(C(C)NS(C)(=O)=O)C2)c2cc(F)ccc2n1[O-]. The number of ether oxygens (including phenoxy) is 2. The number of methoxy groups -OCH3 is 1. The van der Waals surface area contributed by atoms with Crippen molar-refractivity contribution < 1.29 is 27.1 Å². The first-order chi connectivity index (χ1) is 14.1. The van der Waals surface area contributed by atoms with Gasteiger partial charge in [0.25, 0.3) is 0 Å². The van der Waals surface area contributed by atoms with Crippen LogP contribution < -0.4 is 14.8 Å². The normalized spacial score (nSPS) is 20.8. The van der Waals surface area contributed by atoms with Crippen molar-refractivity contribution in [2.45, 2.75) is 31.8 Å². The quantitative estimate of drug-likeness (QED) is 0.625. The molecule has 1 saturated heterocycles. The van der Waals surface area contributed by atoms with Gasteiger partial charge in [-0.3, -0.25) is 0 Å². The smallest absolute Gasteiger partial charge is 0.344 e. The molecular weight excluding hydrogens is 417 g/mol. The molecule has 1 aromatic heterocycles. The van der Waals surface area contributed by atoms with E-state index in [0.29, 0.717) is 17.7 Å². The van der Waals surface area contributed by atoms with Gasteiger partial charge < -0.3 is 24.7 Å². The Bertz CT molecular complexity index is 1040. The van der Waals surface area contributed by atoms with Gasteiger partial charge in [-0.2, -0.15) is 0 Å². The molecule has 2 aromatic rings. The highest BCUT2D eigenvalue weighted by atomic mass is 32.2. The van der Waals surface area contributed by atoms with Crippen molar-refractivity contribution in [3.8, 4) is 5.88 Å². The van der Waals surface area contributed by atoms with Gasteiger partial charge in [0.15, 0.2) is 0 Å². The Kier molecular flexibility index (Phi) is 6.53. The third-order valence-corrected chi connectivity index (χ3v) is 6.04. The minimum Gasteiger partial charge on any atom is -0.803 e. The molecule has 0 aliphatic carbocycles. The fourth-order valence-corrected chi connectivity index (χ4v) is 4.68. The van der Waals surface area contributed by atoms with Gasteiger partial charge in [0.2, 0.25) is 15.9 Å². The summed E-state index contributed by atoms with van der Waals surface area (Å²) in [4.78, 5) is 12.7. The summed E-state index contributed by atoms with van der Waals surface area (Å²) in [5.41, 5.74) is 0.00222. The lowest BCUT2D eigenvalue weighted by atomic mass is 9.90. The Labute approximate surface area is 174 Å². The molecule has 1 fully saturated rings. The van der Waals surface area contributed by atoms with Gasteiger partial charge in [-0.05, 0) is 50.4 Å². The molecule has 3 rings (SSSR count). The maximum Gasteiger partial charge on any atom is 0.344 e. The summed E-state index contributed by atoms with van der Waals surface area (Å²) >= 11 is 0. The molecular formula is C19H25FN3O6S-. The van der Waals surface area contributed by atoms with Crippen LogP contribution in [-0.2, 0) is 14.8 Å². The van der Waals surface area contributed by atoms with Crippen LogP contribution in [0.2, 0.25) is 0 Å². The highest BCUT2D eigenvalue weighted by molar-refractivity contribution is 7.88. The number of sulfonamides is 1. The van der Waals surface area contributed by atoms with Crippen molar-refractivity contribution >= 4 is 26.9 Å². The summed E-state index contributed by atoms with van der Waals surface area (Å²) in [5.74, 6) is -1.59. The number of hydrogen-bond acceptors (Lipinski definition) is 7. The number of benzene rings is 1. The second-order valence-corrected chi connectivity index (χ2v) is 9.35. The monoisotopic (exact) mass is 442 g/mol. The largest absolute Gasteiger partial charge is 0.803 e. The van der Waals surface area contributed by atoms with E-state index in [9.17, 15) is 22.8 Å². The molecule has 30 heavy (non-hydrogen) atoms. The van der Waals surface area contributed by atoms with Crippen LogP contribution in [0.3, 0.4) is 0 Å². The Morgan fingerprint density at radius 2 is 2.20 bits per heavy atom. The maximum absolute atomic E-state index is 13.7. The second-order valence-electron chi connectivity index (χ2n) is 7.57. The van der Waals surface area contributed by atoms with Gasteiger partial charge in [-0.25, -0.2) is 22.3 Å². The van der Waals surface area contributed by atoms with Gasteiger partial charge in [0, 0.05) is 23.0 Å². The first kappa shape index (κ1) is 22.3. The summed E-state index contributed by atoms with van der Waals surface area (Å²) < 4.78 is 50.1. The Morgan fingerprint density at radius 1 is 1.47 bits per heavy atom. The second kappa shape index (κ2) is 8.78. The van der Waals surface area contributed by atoms with Crippen LogP contribution in [0.4, 0.5) is 4.39 Å². The van der Waals surface area contributed by atoms with Crippen LogP contribution in [-0.4, -0.2) is 57.7 Å². The molecule has 0 bridgehead atoms. The van der Waals surface area contributed by atoms with E-state index in [2.05, 4.69) is 10.0 Å². The summed E-state index contributed by atoms with van der Waals surface area (Å²) in [6, 6.07) is 3.09. The molecule has 1 aromatic carbocycles. The number of piperidine rings is 1.